The van der Waals surface area contributed by atoms with Crippen molar-refractivity contribution in [2.75, 3.05) is 22.4 Å². The first-order chi connectivity index (χ1) is 15.5. The van der Waals surface area contributed by atoms with Crippen LogP contribution in [0.2, 0.25) is 0 Å². The third-order valence-electron chi connectivity index (χ3n) is 5.72. The number of benzene rings is 1. The number of carbonyl (C=O) groups is 2. The molecule has 1 aromatic carbocycles. The molecule has 1 aromatic rings. The van der Waals surface area contributed by atoms with Gasteiger partial charge in [0.2, 0.25) is 11.8 Å². The molecular formula is C26H42Cl2N2O2. The Hall–Kier alpha value is -1.26. The lowest BCUT2D eigenvalue weighted by molar-refractivity contribution is -0.114. The predicted molar refractivity (Wildman–Crippen MR) is 139 cm³/mol. The van der Waals surface area contributed by atoms with E-state index in [0.29, 0.717) is 0 Å². The molecule has 0 aliphatic carbocycles. The highest BCUT2D eigenvalue weighted by Crippen LogP contribution is 2.29. The summed E-state index contributed by atoms with van der Waals surface area (Å²) in [6, 6.07) is 4.04. The summed E-state index contributed by atoms with van der Waals surface area (Å²) in [5.74, 6) is -0.570. The summed E-state index contributed by atoms with van der Waals surface area (Å²) in [7, 11) is 0. The average molecular weight is 486 g/mol. The molecule has 0 saturated heterocycles. The Morgan fingerprint density at radius 1 is 0.625 bits per heavy atom. The van der Waals surface area contributed by atoms with Crippen LogP contribution in [0.15, 0.2) is 12.1 Å². The third kappa shape index (κ3) is 12.1. The van der Waals surface area contributed by atoms with Gasteiger partial charge in [-0.1, -0.05) is 78.1 Å². The molecule has 0 heterocycles. The summed E-state index contributed by atoms with van der Waals surface area (Å²) in [6.07, 6.45) is 16.1. The number of hydrogen-bond donors (Lipinski definition) is 2. The Labute approximate surface area is 205 Å². The zero-order chi connectivity index (χ0) is 23.6. The molecule has 0 atom stereocenters. The average Bonchev–Trinajstić information content (AvgIpc) is 2.80. The van der Waals surface area contributed by atoms with Crippen LogP contribution >= 0.6 is 23.2 Å². The first kappa shape index (κ1) is 28.8. The van der Waals surface area contributed by atoms with E-state index in [1.165, 1.54) is 51.4 Å². The number of alkyl halides is 2. The minimum absolute atomic E-state index is 0.0754. The monoisotopic (exact) mass is 484 g/mol. The van der Waals surface area contributed by atoms with Crippen molar-refractivity contribution in [2.45, 2.75) is 104 Å². The van der Waals surface area contributed by atoms with Crippen molar-refractivity contribution in [1.82, 2.24) is 0 Å². The molecule has 0 fully saturated rings. The number of amides is 2. The van der Waals surface area contributed by atoms with Gasteiger partial charge in [-0.2, -0.15) is 0 Å². The second kappa shape index (κ2) is 18.2. The van der Waals surface area contributed by atoms with Gasteiger partial charge in [0.1, 0.15) is 11.8 Å². The van der Waals surface area contributed by atoms with Crippen molar-refractivity contribution < 1.29 is 9.59 Å². The van der Waals surface area contributed by atoms with Gasteiger partial charge in [0.05, 0.1) is 0 Å². The normalized spacial score (nSPS) is 10.9. The van der Waals surface area contributed by atoms with E-state index in [2.05, 4.69) is 24.5 Å². The lowest BCUT2D eigenvalue weighted by Crippen LogP contribution is -2.17. The zero-order valence-corrected chi connectivity index (χ0v) is 21.6. The fraction of sp³-hybridized carbons (Fsp3) is 0.692. The second-order valence-electron chi connectivity index (χ2n) is 8.57. The first-order valence-electron chi connectivity index (χ1n) is 12.4. The molecule has 4 nitrogen and oxygen atoms in total. The molecule has 0 aliphatic rings. The van der Waals surface area contributed by atoms with Crippen molar-refractivity contribution in [3.8, 4) is 0 Å². The van der Waals surface area contributed by atoms with E-state index < -0.39 is 0 Å². The standard InChI is InChI=1S/C26H42Cl2N2O2/c1-3-5-7-9-11-13-15-21-17-24(30-26(32)20-28)22(16-14-12-10-8-6-4-2)18-23(21)29-25(31)19-27/h17-18H,3-16,19-20H2,1-2H3,(H,29,31)(H,30,32). The molecule has 182 valence electrons. The Morgan fingerprint density at radius 2 is 0.969 bits per heavy atom. The minimum Gasteiger partial charge on any atom is -0.325 e. The molecule has 32 heavy (non-hydrogen) atoms. The molecule has 0 aliphatic heterocycles. The molecule has 0 unspecified atom stereocenters. The summed E-state index contributed by atoms with van der Waals surface area (Å²) in [5.41, 5.74) is 3.70. The largest absolute Gasteiger partial charge is 0.325 e. The van der Waals surface area contributed by atoms with Gasteiger partial charge in [-0.25, -0.2) is 0 Å². The number of halogens is 2. The van der Waals surface area contributed by atoms with Crippen LogP contribution in [0.1, 0.15) is 102 Å². The summed E-state index contributed by atoms with van der Waals surface area (Å²) in [4.78, 5) is 24.1. The number of rotatable bonds is 18. The molecule has 2 amide bonds. The number of carbonyl (C=O) groups excluding carboxylic acids is 2. The fourth-order valence-electron chi connectivity index (χ4n) is 3.89. The van der Waals surface area contributed by atoms with Crippen LogP contribution < -0.4 is 10.6 Å². The van der Waals surface area contributed by atoms with Crippen molar-refractivity contribution in [3.05, 3.63) is 23.3 Å². The van der Waals surface area contributed by atoms with Gasteiger partial charge >= 0.3 is 0 Å². The van der Waals surface area contributed by atoms with Gasteiger partial charge in [0.15, 0.2) is 0 Å². The third-order valence-corrected chi connectivity index (χ3v) is 6.20. The van der Waals surface area contributed by atoms with E-state index in [9.17, 15) is 9.59 Å². The topological polar surface area (TPSA) is 58.2 Å². The number of nitrogens with one attached hydrogen (secondary N) is 2. The molecule has 6 heteroatoms. The van der Waals surface area contributed by atoms with Gasteiger partial charge in [0.25, 0.3) is 0 Å². The highest BCUT2D eigenvalue weighted by molar-refractivity contribution is 6.29. The van der Waals surface area contributed by atoms with E-state index in [-0.39, 0.29) is 23.6 Å². The first-order valence-corrected chi connectivity index (χ1v) is 13.5. The molecule has 2 N–H and O–H groups in total. The number of anilines is 2. The van der Waals surface area contributed by atoms with E-state index in [0.717, 1.165) is 61.0 Å². The maximum Gasteiger partial charge on any atom is 0.239 e. The Kier molecular flexibility index (Phi) is 16.4. The summed E-state index contributed by atoms with van der Waals surface area (Å²) < 4.78 is 0. The van der Waals surface area contributed by atoms with Crippen LogP contribution in [0.25, 0.3) is 0 Å². The van der Waals surface area contributed by atoms with Crippen LogP contribution in [0.4, 0.5) is 11.4 Å². The molecule has 1 rings (SSSR count). The summed E-state index contributed by atoms with van der Waals surface area (Å²) in [5, 5.41) is 5.93. The Morgan fingerprint density at radius 3 is 1.31 bits per heavy atom. The Balaban J connectivity index is 2.96. The van der Waals surface area contributed by atoms with E-state index in [1.807, 2.05) is 12.1 Å². The SMILES string of the molecule is CCCCCCCCc1cc(NC(=O)CCl)c(CCCCCCCC)cc1NC(=O)CCl. The van der Waals surface area contributed by atoms with Crippen molar-refractivity contribution in [3.63, 3.8) is 0 Å². The van der Waals surface area contributed by atoms with Crippen LogP contribution in [-0.4, -0.2) is 23.6 Å². The van der Waals surface area contributed by atoms with E-state index >= 15 is 0 Å². The molecule has 0 spiro atoms. The maximum absolute atomic E-state index is 12.0. The number of aryl methyl sites for hydroxylation is 2. The van der Waals surface area contributed by atoms with Gasteiger partial charge in [-0.15, -0.1) is 23.2 Å². The lowest BCUT2D eigenvalue weighted by Gasteiger charge is -2.18. The smallest absolute Gasteiger partial charge is 0.239 e. The van der Waals surface area contributed by atoms with Crippen molar-refractivity contribution in [1.29, 1.82) is 0 Å². The predicted octanol–water partition coefficient (Wildman–Crippen LogP) is 7.85. The van der Waals surface area contributed by atoms with Crippen molar-refractivity contribution in [2.24, 2.45) is 0 Å². The van der Waals surface area contributed by atoms with E-state index in [1.54, 1.807) is 0 Å². The highest BCUT2D eigenvalue weighted by Gasteiger charge is 2.14. The minimum atomic E-state index is -0.209. The van der Waals surface area contributed by atoms with Gasteiger partial charge in [-0.05, 0) is 48.9 Å². The van der Waals surface area contributed by atoms with Gasteiger partial charge < -0.3 is 10.6 Å². The molecular weight excluding hydrogens is 443 g/mol. The fourth-order valence-corrected chi connectivity index (χ4v) is 4.03. The van der Waals surface area contributed by atoms with Crippen molar-refractivity contribution >= 4 is 46.4 Å². The van der Waals surface area contributed by atoms with Gasteiger partial charge in [-0.3, -0.25) is 9.59 Å². The Bertz CT molecular complexity index is 622. The maximum atomic E-state index is 12.0. The zero-order valence-electron chi connectivity index (χ0n) is 20.0. The van der Waals surface area contributed by atoms with Crippen LogP contribution in [0, 0.1) is 0 Å². The van der Waals surface area contributed by atoms with E-state index in [4.69, 9.17) is 23.2 Å². The van der Waals surface area contributed by atoms with Crippen LogP contribution in [0.3, 0.4) is 0 Å². The lowest BCUT2D eigenvalue weighted by atomic mass is 9.97. The highest BCUT2D eigenvalue weighted by atomic mass is 35.5. The van der Waals surface area contributed by atoms with Crippen LogP contribution in [-0.2, 0) is 22.4 Å². The second-order valence-corrected chi connectivity index (χ2v) is 9.10. The quantitative estimate of drug-likeness (QED) is 0.164. The summed E-state index contributed by atoms with van der Waals surface area (Å²) >= 11 is 11.5. The van der Waals surface area contributed by atoms with Crippen LogP contribution in [0.5, 0.6) is 0 Å². The number of unbranched alkanes of at least 4 members (excludes halogenated alkanes) is 10. The summed E-state index contributed by atoms with van der Waals surface area (Å²) in [6.45, 7) is 4.44. The molecule has 0 saturated carbocycles. The number of hydrogen-bond acceptors (Lipinski definition) is 2. The molecule has 0 radical (unpaired) electrons. The molecule has 0 aromatic heterocycles. The molecule has 0 bridgehead atoms. The van der Waals surface area contributed by atoms with Gasteiger partial charge in [0, 0.05) is 11.4 Å².